The molecular weight excluding hydrogens is 355 g/mol. The summed E-state index contributed by atoms with van der Waals surface area (Å²) in [5.74, 6) is 0.768. The maximum Gasteiger partial charge on any atom is 0.158 e. The van der Waals surface area contributed by atoms with Gasteiger partial charge >= 0.3 is 0 Å². The molecule has 2 N–H and O–H groups in total. The zero-order valence-electron chi connectivity index (χ0n) is 14.2. The summed E-state index contributed by atoms with van der Waals surface area (Å²) >= 11 is 5.88. The van der Waals surface area contributed by atoms with E-state index in [1.807, 2.05) is 6.20 Å². The smallest absolute Gasteiger partial charge is 0.158 e. The molecule has 3 aromatic rings. The van der Waals surface area contributed by atoms with Crippen LogP contribution in [-0.4, -0.2) is 25.8 Å². The Bertz CT molecular complexity index is 921. The van der Waals surface area contributed by atoms with Crippen molar-refractivity contribution in [2.75, 3.05) is 5.32 Å². The van der Waals surface area contributed by atoms with Gasteiger partial charge in [-0.15, -0.1) is 0 Å². The van der Waals surface area contributed by atoms with E-state index < -0.39 is 5.82 Å². The predicted octanol–water partition coefficient (Wildman–Crippen LogP) is 4.36. The number of aromatic nitrogens is 3. The molecule has 0 bridgehead atoms. The van der Waals surface area contributed by atoms with Crippen LogP contribution in [-0.2, 0) is 6.42 Å². The molecule has 0 atom stereocenters. The molecule has 0 amide bonds. The van der Waals surface area contributed by atoms with Crippen LogP contribution >= 0.6 is 11.6 Å². The number of rotatable bonds is 4. The lowest BCUT2D eigenvalue weighted by molar-refractivity contribution is 0.109. The molecule has 2 heterocycles. The van der Waals surface area contributed by atoms with Gasteiger partial charge in [0.15, 0.2) is 5.82 Å². The van der Waals surface area contributed by atoms with Crippen LogP contribution in [0.3, 0.4) is 0 Å². The SMILES string of the molecule is O[C@H]1CC[C@H](Cc2ccn3ncnc(Nc4ccc(F)c(Cl)c4)c23)CC1. The van der Waals surface area contributed by atoms with Crippen molar-refractivity contribution >= 4 is 28.6 Å². The quantitative estimate of drug-likeness (QED) is 0.712. The lowest BCUT2D eigenvalue weighted by Crippen LogP contribution is -2.19. The van der Waals surface area contributed by atoms with Gasteiger partial charge in [0, 0.05) is 11.9 Å². The van der Waals surface area contributed by atoms with E-state index in [2.05, 4.69) is 21.5 Å². The molecule has 0 saturated heterocycles. The van der Waals surface area contributed by atoms with Gasteiger partial charge in [-0.05, 0) is 67.9 Å². The molecule has 5 nitrogen and oxygen atoms in total. The summed E-state index contributed by atoms with van der Waals surface area (Å²) in [5.41, 5.74) is 2.76. The first-order chi connectivity index (χ1) is 12.6. The van der Waals surface area contributed by atoms with Gasteiger partial charge in [-0.3, -0.25) is 0 Å². The van der Waals surface area contributed by atoms with E-state index in [0.717, 1.165) is 37.6 Å². The highest BCUT2D eigenvalue weighted by Gasteiger charge is 2.21. The van der Waals surface area contributed by atoms with Crippen molar-refractivity contribution in [1.29, 1.82) is 0 Å². The molecule has 0 unspecified atom stereocenters. The van der Waals surface area contributed by atoms with E-state index in [-0.39, 0.29) is 11.1 Å². The highest BCUT2D eigenvalue weighted by molar-refractivity contribution is 6.31. The number of aliphatic hydroxyl groups excluding tert-OH is 1. The van der Waals surface area contributed by atoms with E-state index in [9.17, 15) is 9.50 Å². The molecule has 4 rings (SSSR count). The van der Waals surface area contributed by atoms with Gasteiger partial charge in [0.25, 0.3) is 0 Å². The van der Waals surface area contributed by atoms with Crippen molar-refractivity contribution in [2.24, 2.45) is 5.92 Å². The minimum absolute atomic E-state index is 0.0662. The number of nitrogens with zero attached hydrogens (tertiary/aromatic N) is 3. The van der Waals surface area contributed by atoms with E-state index in [1.165, 1.54) is 18.0 Å². The predicted molar refractivity (Wildman–Crippen MR) is 99.3 cm³/mol. The topological polar surface area (TPSA) is 62.5 Å². The summed E-state index contributed by atoms with van der Waals surface area (Å²) in [5, 5.41) is 17.3. The van der Waals surface area contributed by atoms with Crippen LogP contribution in [0, 0.1) is 11.7 Å². The second-order valence-corrected chi connectivity index (χ2v) is 7.28. The molecule has 1 fully saturated rings. The summed E-state index contributed by atoms with van der Waals surface area (Å²) in [7, 11) is 0. The highest BCUT2D eigenvalue weighted by Crippen LogP contribution is 2.31. The molecule has 2 aromatic heterocycles. The van der Waals surface area contributed by atoms with E-state index in [4.69, 9.17) is 11.6 Å². The van der Waals surface area contributed by atoms with Crippen LogP contribution in [0.1, 0.15) is 31.2 Å². The van der Waals surface area contributed by atoms with Crippen LogP contribution in [0.25, 0.3) is 5.52 Å². The Morgan fingerprint density at radius 2 is 2.04 bits per heavy atom. The van der Waals surface area contributed by atoms with Gasteiger partial charge in [0.1, 0.15) is 17.7 Å². The fourth-order valence-electron chi connectivity index (χ4n) is 3.65. The number of nitrogens with one attached hydrogen (secondary N) is 1. The number of fused-ring (bicyclic) bond motifs is 1. The number of benzene rings is 1. The van der Waals surface area contributed by atoms with Gasteiger partial charge in [-0.2, -0.15) is 5.10 Å². The number of hydrogen-bond acceptors (Lipinski definition) is 4. The van der Waals surface area contributed by atoms with Crippen LogP contribution in [0.4, 0.5) is 15.9 Å². The summed E-state index contributed by atoms with van der Waals surface area (Å²) in [6.07, 6.45) is 7.98. The van der Waals surface area contributed by atoms with Crippen LogP contribution < -0.4 is 5.32 Å². The minimum atomic E-state index is -0.451. The third-order valence-corrected chi connectivity index (χ3v) is 5.33. The third-order valence-electron chi connectivity index (χ3n) is 5.04. The average Bonchev–Trinajstić information content (AvgIpc) is 3.04. The molecule has 136 valence electrons. The van der Waals surface area contributed by atoms with Crippen molar-refractivity contribution in [3.63, 3.8) is 0 Å². The largest absolute Gasteiger partial charge is 0.393 e. The van der Waals surface area contributed by atoms with E-state index in [1.54, 1.807) is 16.6 Å². The lowest BCUT2D eigenvalue weighted by atomic mass is 9.84. The van der Waals surface area contributed by atoms with Crippen LogP contribution in [0.5, 0.6) is 0 Å². The fourth-order valence-corrected chi connectivity index (χ4v) is 3.83. The Hall–Kier alpha value is -2.18. The molecule has 0 aliphatic heterocycles. The summed E-state index contributed by atoms with van der Waals surface area (Å²) in [6, 6.07) is 6.57. The second kappa shape index (κ2) is 7.21. The second-order valence-electron chi connectivity index (χ2n) is 6.88. The third kappa shape index (κ3) is 3.52. The minimum Gasteiger partial charge on any atom is -0.393 e. The fraction of sp³-hybridized carbons (Fsp3) is 0.368. The summed E-state index contributed by atoms with van der Waals surface area (Å²) < 4.78 is 15.2. The molecule has 0 spiro atoms. The van der Waals surface area contributed by atoms with Crippen LogP contribution in [0.2, 0.25) is 5.02 Å². The Balaban J connectivity index is 1.62. The Labute approximate surface area is 155 Å². The molecule has 1 aromatic carbocycles. The number of anilines is 2. The highest BCUT2D eigenvalue weighted by atomic mass is 35.5. The van der Waals surface area contributed by atoms with Crippen molar-refractivity contribution in [1.82, 2.24) is 14.6 Å². The summed E-state index contributed by atoms with van der Waals surface area (Å²) in [6.45, 7) is 0. The first-order valence-corrected chi connectivity index (χ1v) is 9.19. The molecule has 0 radical (unpaired) electrons. The summed E-state index contributed by atoms with van der Waals surface area (Å²) in [4.78, 5) is 4.37. The van der Waals surface area contributed by atoms with Gasteiger partial charge in [0.2, 0.25) is 0 Å². The monoisotopic (exact) mass is 374 g/mol. The molecule has 1 saturated carbocycles. The zero-order chi connectivity index (χ0) is 18.1. The van der Waals surface area contributed by atoms with Crippen LogP contribution in [0.15, 0.2) is 36.8 Å². The molecule has 7 heteroatoms. The maximum absolute atomic E-state index is 13.4. The van der Waals surface area contributed by atoms with Crippen molar-refractivity contribution in [3.05, 3.63) is 53.2 Å². The number of hydrogen-bond donors (Lipinski definition) is 2. The molecule has 1 aliphatic rings. The normalized spacial score (nSPS) is 20.4. The van der Waals surface area contributed by atoms with Gasteiger partial charge in [0.05, 0.1) is 11.1 Å². The van der Waals surface area contributed by atoms with Crippen molar-refractivity contribution in [2.45, 2.75) is 38.2 Å². The Morgan fingerprint density at radius 1 is 1.23 bits per heavy atom. The first kappa shape index (κ1) is 17.2. The van der Waals surface area contributed by atoms with Crippen molar-refractivity contribution in [3.8, 4) is 0 Å². The number of aliphatic hydroxyl groups is 1. The Kier molecular flexibility index (Phi) is 4.78. The molecule has 1 aliphatic carbocycles. The van der Waals surface area contributed by atoms with Gasteiger partial charge in [-0.1, -0.05) is 11.6 Å². The van der Waals surface area contributed by atoms with E-state index >= 15 is 0 Å². The number of halogens is 2. The standard InChI is InChI=1S/C19H20ClFN4O/c20-16-10-14(3-6-17(16)21)24-19-18-13(7-8-25(18)23-11-22-19)9-12-1-4-15(26)5-2-12/h3,6-8,10-12,15,26H,1-2,4-5,9H2,(H,22,23,24)/t12-,15-. The zero-order valence-corrected chi connectivity index (χ0v) is 15.0. The lowest BCUT2D eigenvalue weighted by Gasteiger charge is -2.25. The van der Waals surface area contributed by atoms with Crippen molar-refractivity contribution < 1.29 is 9.50 Å². The first-order valence-electron chi connectivity index (χ1n) is 8.81. The molecule has 26 heavy (non-hydrogen) atoms. The average molecular weight is 375 g/mol. The van der Waals surface area contributed by atoms with Gasteiger partial charge < -0.3 is 10.4 Å². The Morgan fingerprint density at radius 3 is 2.81 bits per heavy atom. The van der Waals surface area contributed by atoms with E-state index in [0.29, 0.717) is 17.4 Å². The van der Waals surface area contributed by atoms with Gasteiger partial charge in [-0.25, -0.2) is 13.9 Å². The molecular formula is C19H20ClFN4O. The maximum atomic E-state index is 13.4.